The van der Waals surface area contributed by atoms with Crippen molar-refractivity contribution in [3.05, 3.63) is 29.8 Å². The fraction of sp³-hybridized carbons (Fsp3) is 0.793. The van der Waals surface area contributed by atoms with Crippen LogP contribution in [0.3, 0.4) is 0 Å². The maximum Gasteiger partial charge on any atom is 0.122 e. The monoisotopic (exact) mass is 412 g/mol. The first-order valence-electron chi connectivity index (χ1n) is 13.4. The van der Waals surface area contributed by atoms with E-state index in [0.717, 1.165) is 36.0 Å². The molecule has 1 nitrogen and oxygen atoms in total. The molecule has 170 valence electrons. The van der Waals surface area contributed by atoms with E-state index in [9.17, 15) is 0 Å². The zero-order chi connectivity index (χ0) is 21.2. The SMILES string of the molecule is CCCCCCOc1ccccc1C(C)C1CCC(C2CCC(CCC)CC2)CC1. The molecule has 2 saturated carbocycles. The Labute approximate surface area is 187 Å². The van der Waals surface area contributed by atoms with Gasteiger partial charge in [-0.3, -0.25) is 0 Å². The van der Waals surface area contributed by atoms with Crippen LogP contribution in [0.25, 0.3) is 0 Å². The number of benzene rings is 1. The molecule has 0 aliphatic heterocycles. The van der Waals surface area contributed by atoms with Gasteiger partial charge < -0.3 is 4.74 Å². The van der Waals surface area contributed by atoms with E-state index in [-0.39, 0.29) is 0 Å². The molecule has 1 aromatic carbocycles. The van der Waals surface area contributed by atoms with E-state index in [4.69, 9.17) is 4.74 Å². The van der Waals surface area contributed by atoms with Crippen molar-refractivity contribution in [2.45, 2.75) is 117 Å². The Hall–Kier alpha value is -0.980. The summed E-state index contributed by atoms with van der Waals surface area (Å²) in [6, 6.07) is 8.87. The van der Waals surface area contributed by atoms with Crippen LogP contribution in [-0.4, -0.2) is 6.61 Å². The quantitative estimate of drug-likeness (QED) is 0.329. The minimum atomic E-state index is 0.623. The summed E-state index contributed by atoms with van der Waals surface area (Å²) < 4.78 is 6.24. The highest BCUT2D eigenvalue weighted by molar-refractivity contribution is 5.36. The third-order valence-electron chi connectivity index (χ3n) is 8.44. The van der Waals surface area contributed by atoms with Gasteiger partial charge in [0.15, 0.2) is 0 Å². The summed E-state index contributed by atoms with van der Waals surface area (Å²) in [4.78, 5) is 0. The van der Waals surface area contributed by atoms with Crippen molar-refractivity contribution < 1.29 is 4.74 Å². The van der Waals surface area contributed by atoms with Gasteiger partial charge in [-0.25, -0.2) is 0 Å². The van der Waals surface area contributed by atoms with E-state index in [2.05, 4.69) is 45.0 Å². The molecule has 3 rings (SSSR count). The van der Waals surface area contributed by atoms with Crippen LogP contribution in [0.5, 0.6) is 5.75 Å². The van der Waals surface area contributed by atoms with Gasteiger partial charge in [0.05, 0.1) is 6.61 Å². The summed E-state index contributed by atoms with van der Waals surface area (Å²) >= 11 is 0. The fourth-order valence-electron chi connectivity index (χ4n) is 6.43. The molecule has 2 fully saturated rings. The number of ether oxygens (including phenoxy) is 1. The summed E-state index contributed by atoms with van der Waals surface area (Å²) in [7, 11) is 0. The third-order valence-corrected chi connectivity index (χ3v) is 8.44. The molecule has 0 radical (unpaired) electrons. The van der Waals surface area contributed by atoms with Gasteiger partial charge in [0.25, 0.3) is 0 Å². The Morgan fingerprint density at radius 2 is 1.47 bits per heavy atom. The molecule has 1 atom stereocenters. The highest BCUT2D eigenvalue weighted by atomic mass is 16.5. The van der Waals surface area contributed by atoms with Gasteiger partial charge in [0.2, 0.25) is 0 Å². The van der Waals surface area contributed by atoms with Crippen LogP contribution in [0.15, 0.2) is 24.3 Å². The Morgan fingerprint density at radius 1 is 0.800 bits per heavy atom. The molecule has 0 saturated heterocycles. The lowest BCUT2D eigenvalue weighted by atomic mass is 9.66. The summed E-state index contributed by atoms with van der Waals surface area (Å²) in [6.45, 7) is 7.95. The normalized spacial score (nSPS) is 28.2. The van der Waals surface area contributed by atoms with Crippen molar-refractivity contribution in [2.24, 2.45) is 23.7 Å². The average molecular weight is 413 g/mol. The molecule has 30 heavy (non-hydrogen) atoms. The van der Waals surface area contributed by atoms with Crippen molar-refractivity contribution in [2.75, 3.05) is 6.61 Å². The van der Waals surface area contributed by atoms with Crippen LogP contribution >= 0.6 is 0 Å². The molecule has 2 aliphatic carbocycles. The van der Waals surface area contributed by atoms with Crippen LogP contribution in [-0.2, 0) is 0 Å². The summed E-state index contributed by atoms with van der Waals surface area (Å²) in [6.07, 6.45) is 19.8. The van der Waals surface area contributed by atoms with Gasteiger partial charge in [0.1, 0.15) is 5.75 Å². The first kappa shape index (κ1) is 23.7. The lowest BCUT2D eigenvalue weighted by Gasteiger charge is -2.39. The van der Waals surface area contributed by atoms with Crippen molar-refractivity contribution in [3.8, 4) is 5.75 Å². The van der Waals surface area contributed by atoms with Crippen molar-refractivity contribution in [3.63, 3.8) is 0 Å². The smallest absolute Gasteiger partial charge is 0.122 e. The zero-order valence-corrected chi connectivity index (χ0v) is 20.2. The van der Waals surface area contributed by atoms with E-state index in [1.807, 2.05) is 0 Å². The molecule has 1 aromatic rings. The Kier molecular flexibility index (Phi) is 10.1. The number of rotatable bonds is 11. The Balaban J connectivity index is 1.46. The van der Waals surface area contributed by atoms with Gasteiger partial charge in [-0.15, -0.1) is 0 Å². The minimum absolute atomic E-state index is 0.623. The maximum atomic E-state index is 6.24. The second-order valence-corrected chi connectivity index (χ2v) is 10.5. The standard InChI is InChI=1S/C29H48O/c1-4-6-7-10-22-30-29-13-9-8-12-28(29)23(3)25-18-20-27(21-19-25)26-16-14-24(11-5-2)15-17-26/h8-9,12-13,23-27H,4-7,10-11,14-22H2,1-3H3. The Morgan fingerprint density at radius 3 is 2.13 bits per heavy atom. The lowest BCUT2D eigenvalue weighted by Crippen LogP contribution is -2.27. The van der Waals surface area contributed by atoms with Gasteiger partial charge in [-0.1, -0.05) is 83.9 Å². The topological polar surface area (TPSA) is 9.23 Å². The predicted octanol–water partition coefficient (Wildman–Crippen LogP) is 9.16. The van der Waals surface area contributed by atoms with Crippen molar-refractivity contribution in [1.29, 1.82) is 0 Å². The Bertz CT molecular complexity index is 578. The summed E-state index contributed by atoms with van der Waals surface area (Å²) in [5, 5.41) is 0. The van der Waals surface area contributed by atoms with E-state index in [1.165, 1.54) is 95.5 Å². The molecule has 0 heterocycles. The van der Waals surface area contributed by atoms with Gasteiger partial charge in [0, 0.05) is 0 Å². The fourth-order valence-corrected chi connectivity index (χ4v) is 6.43. The minimum Gasteiger partial charge on any atom is -0.493 e. The van der Waals surface area contributed by atoms with Crippen LogP contribution in [0.4, 0.5) is 0 Å². The van der Waals surface area contributed by atoms with Gasteiger partial charge in [-0.05, 0) is 86.2 Å². The van der Waals surface area contributed by atoms with E-state index in [1.54, 1.807) is 0 Å². The van der Waals surface area contributed by atoms with Gasteiger partial charge in [-0.2, -0.15) is 0 Å². The predicted molar refractivity (Wildman–Crippen MR) is 130 cm³/mol. The molecule has 2 aliphatic rings. The van der Waals surface area contributed by atoms with E-state index >= 15 is 0 Å². The number of unbranched alkanes of at least 4 members (excludes halogenated alkanes) is 3. The van der Waals surface area contributed by atoms with Crippen molar-refractivity contribution in [1.82, 2.24) is 0 Å². The molecule has 0 bridgehead atoms. The number of hydrogen-bond donors (Lipinski definition) is 0. The van der Waals surface area contributed by atoms with Crippen LogP contribution < -0.4 is 4.74 Å². The molecule has 1 heteroatoms. The van der Waals surface area contributed by atoms with Crippen LogP contribution in [0.2, 0.25) is 0 Å². The first-order valence-corrected chi connectivity index (χ1v) is 13.4. The summed E-state index contributed by atoms with van der Waals surface area (Å²) in [5.41, 5.74) is 1.46. The molecular weight excluding hydrogens is 364 g/mol. The van der Waals surface area contributed by atoms with Crippen molar-refractivity contribution >= 4 is 0 Å². The van der Waals surface area contributed by atoms with Crippen LogP contribution in [0.1, 0.15) is 122 Å². The molecule has 0 N–H and O–H groups in total. The molecule has 0 spiro atoms. The molecule has 1 unspecified atom stereocenters. The lowest BCUT2D eigenvalue weighted by molar-refractivity contribution is 0.136. The number of hydrogen-bond acceptors (Lipinski definition) is 1. The molecular formula is C29H48O. The molecule has 0 amide bonds. The second-order valence-electron chi connectivity index (χ2n) is 10.5. The first-order chi connectivity index (χ1) is 14.7. The zero-order valence-electron chi connectivity index (χ0n) is 20.2. The molecule has 0 aromatic heterocycles. The van der Waals surface area contributed by atoms with E-state index < -0.39 is 0 Å². The highest BCUT2D eigenvalue weighted by Crippen LogP contribution is 2.46. The maximum absolute atomic E-state index is 6.24. The largest absolute Gasteiger partial charge is 0.493 e. The van der Waals surface area contributed by atoms with E-state index in [0.29, 0.717) is 5.92 Å². The highest BCUT2D eigenvalue weighted by Gasteiger charge is 2.33. The summed E-state index contributed by atoms with van der Waals surface area (Å²) in [5.74, 6) is 5.70. The second kappa shape index (κ2) is 12.8. The third kappa shape index (κ3) is 6.76. The van der Waals surface area contributed by atoms with Crippen LogP contribution in [0, 0.1) is 23.7 Å². The van der Waals surface area contributed by atoms with Gasteiger partial charge >= 0.3 is 0 Å². The average Bonchev–Trinajstić information content (AvgIpc) is 2.80. The number of para-hydroxylation sites is 1.